The predicted octanol–water partition coefficient (Wildman–Crippen LogP) is 3.74. The molecule has 1 N–H and O–H groups in total. The molecule has 4 aromatic rings. The van der Waals surface area contributed by atoms with Gasteiger partial charge >= 0.3 is 0 Å². The maximum absolute atomic E-state index is 11.8. The Hall–Kier alpha value is -4.64. The zero-order valence-corrected chi connectivity index (χ0v) is 17.8. The number of aromatic nitrogens is 4. The minimum atomic E-state index is -0.499. The van der Waals surface area contributed by atoms with Crippen LogP contribution in [0.15, 0.2) is 59.5 Å². The van der Waals surface area contributed by atoms with Gasteiger partial charge in [-0.3, -0.25) is 4.79 Å². The van der Waals surface area contributed by atoms with Gasteiger partial charge in [0.25, 0.3) is 5.56 Å². The van der Waals surface area contributed by atoms with Crippen LogP contribution in [0.4, 0.5) is 0 Å². The number of hydrogen-bond acceptors (Lipinski definition) is 6. The van der Waals surface area contributed by atoms with Crippen LogP contribution in [0.2, 0.25) is 0 Å². The molecule has 0 aliphatic carbocycles. The summed E-state index contributed by atoms with van der Waals surface area (Å²) in [4.78, 5) is 11.8. The number of H-pyrrole nitrogens is 1. The highest BCUT2D eigenvalue weighted by Gasteiger charge is 2.17. The van der Waals surface area contributed by atoms with E-state index in [1.54, 1.807) is 17.7 Å². The average Bonchev–Trinajstić information content (AvgIpc) is 3.28. The van der Waals surface area contributed by atoms with E-state index < -0.39 is 5.56 Å². The van der Waals surface area contributed by atoms with E-state index in [-0.39, 0.29) is 5.56 Å². The summed E-state index contributed by atoms with van der Waals surface area (Å²) >= 11 is 0. The van der Waals surface area contributed by atoms with Crippen molar-refractivity contribution < 1.29 is 9.47 Å². The Morgan fingerprint density at radius 1 is 1.09 bits per heavy atom. The van der Waals surface area contributed by atoms with Crippen LogP contribution in [0.1, 0.15) is 22.4 Å². The molecule has 0 saturated heterocycles. The van der Waals surface area contributed by atoms with Crippen molar-refractivity contribution in [2.24, 2.45) is 0 Å². The molecule has 2 aromatic carbocycles. The van der Waals surface area contributed by atoms with Gasteiger partial charge in [0.05, 0.1) is 11.4 Å². The fraction of sp³-hybridized carbons (Fsp3) is 0.120. The number of aromatic amines is 1. The molecule has 0 atom stereocenters. The van der Waals surface area contributed by atoms with Crippen LogP contribution in [-0.2, 0) is 0 Å². The second kappa shape index (κ2) is 8.48. The SMILES string of the molecule is Cc1c(C=Cc2cn(-c3ccccc3)nc2-c2ccc3c(c2)OCCO3)n[nH]c(=O)c1C#N. The van der Waals surface area contributed by atoms with Crippen molar-refractivity contribution in [2.75, 3.05) is 13.2 Å². The summed E-state index contributed by atoms with van der Waals surface area (Å²) in [6.07, 6.45) is 5.55. The third-order valence-corrected chi connectivity index (χ3v) is 5.38. The van der Waals surface area contributed by atoms with Gasteiger partial charge in [0.2, 0.25) is 0 Å². The molecule has 1 aliphatic rings. The molecule has 8 nitrogen and oxygen atoms in total. The van der Waals surface area contributed by atoms with Crippen LogP contribution >= 0.6 is 0 Å². The third-order valence-electron chi connectivity index (χ3n) is 5.38. The first-order valence-corrected chi connectivity index (χ1v) is 10.4. The van der Waals surface area contributed by atoms with E-state index in [0.717, 1.165) is 22.5 Å². The number of fused-ring (bicyclic) bond motifs is 1. The maximum Gasteiger partial charge on any atom is 0.282 e. The molecule has 3 heterocycles. The van der Waals surface area contributed by atoms with E-state index in [9.17, 15) is 10.1 Å². The number of ether oxygens (including phenoxy) is 2. The lowest BCUT2D eigenvalue weighted by Crippen LogP contribution is -2.15. The monoisotopic (exact) mass is 437 g/mol. The summed E-state index contributed by atoms with van der Waals surface area (Å²) in [7, 11) is 0. The predicted molar refractivity (Wildman–Crippen MR) is 123 cm³/mol. The van der Waals surface area contributed by atoms with Crippen molar-refractivity contribution in [3.05, 3.63) is 87.5 Å². The second-order valence-electron chi connectivity index (χ2n) is 7.45. The first kappa shape index (κ1) is 20.3. The normalized spacial score (nSPS) is 12.6. The molecular weight excluding hydrogens is 418 g/mol. The minimum Gasteiger partial charge on any atom is -0.486 e. The highest BCUT2D eigenvalue weighted by Crippen LogP contribution is 2.35. The van der Waals surface area contributed by atoms with Crippen LogP contribution < -0.4 is 15.0 Å². The van der Waals surface area contributed by atoms with Crippen molar-refractivity contribution in [1.29, 1.82) is 5.26 Å². The fourth-order valence-corrected chi connectivity index (χ4v) is 3.65. The van der Waals surface area contributed by atoms with Crippen molar-refractivity contribution in [2.45, 2.75) is 6.92 Å². The molecule has 2 aromatic heterocycles. The van der Waals surface area contributed by atoms with E-state index in [2.05, 4.69) is 10.2 Å². The van der Waals surface area contributed by atoms with Gasteiger partial charge in [-0.25, -0.2) is 9.78 Å². The summed E-state index contributed by atoms with van der Waals surface area (Å²) in [5, 5.41) is 20.6. The van der Waals surface area contributed by atoms with Gasteiger partial charge in [0.15, 0.2) is 11.5 Å². The Morgan fingerprint density at radius 3 is 2.67 bits per heavy atom. The zero-order chi connectivity index (χ0) is 22.8. The molecule has 8 heteroatoms. The van der Waals surface area contributed by atoms with Crippen LogP contribution in [-0.4, -0.2) is 33.2 Å². The van der Waals surface area contributed by atoms with Crippen molar-refractivity contribution in [1.82, 2.24) is 20.0 Å². The first-order chi connectivity index (χ1) is 16.1. The topological polar surface area (TPSA) is 106 Å². The standard InChI is InChI=1S/C25H19N5O3/c1-16-20(14-26)25(31)28-27-21(16)9-7-18-15-30(19-5-3-2-4-6-19)29-24(18)17-8-10-22-23(13-17)33-12-11-32-22/h2-10,13,15H,11-12H2,1H3,(H,28,31). The van der Waals surface area contributed by atoms with E-state index in [0.29, 0.717) is 36.0 Å². The zero-order valence-electron chi connectivity index (χ0n) is 17.8. The molecule has 33 heavy (non-hydrogen) atoms. The smallest absolute Gasteiger partial charge is 0.282 e. The molecule has 1 aliphatic heterocycles. The molecule has 0 spiro atoms. The van der Waals surface area contributed by atoms with E-state index in [1.165, 1.54) is 0 Å². The van der Waals surface area contributed by atoms with Crippen LogP contribution in [0.5, 0.6) is 11.5 Å². The number of nitrogens with one attached hydrogen (secondary N) is 1. The van der Waals surface area contributed by atoms with E-state index in [4.69, 9.17) is 14.6 Å². The summed E-state index contributed by atoms with van der Waals surface area (Å²) in [6.45, 7) is 2.73. The van der Waals surface area contributed by atoms with Crippen LogP contribution in [0.25, 0.3) is 29.1 Å². The molecule has 0 radical (unpaired) electrons. The number of rotatable bonds is 4. The Bertz CT molecular complexity index is 1460. The molecule has 0 bridgehead atoms. The summed E-state index contributed by atoms with van der Waals surface area (Å²) in [6, 6.07) is 17.5. The Morgan fingerprint density at radius 2 is 1.88 bits per heavy atom. The minimum absolute atomic E-state index is 0.0525. The maximum atomic E-state index is 11.8. The number of hydrogen-bond donors (Lipinski definition) is 1. The first-order valence-electron chi connectivity index (χ1n) is 10.4. The van der Waals surface area contributed by atoms with Crippen molar-refractivity contribution in [3.63, 3.8) is 0 Å². The molecule has 0 fully saturated rings. The largest absolute Gasteiger partial charge is 0.486 e. The Kier molecular flexibility index (Phi) is 5.21. The molecule has 0 saturated carbocycles. The lowest BCUT2D eigenvalue weighted by Gasteiger charge is -2.18. The highest BCUT2D eigenvalue weighted by atomic mass is 16.6. The Balaban J connectivity index is 1.61. The van der Waals surface area contributed by atoms with Gasteiger partial charge in [-0.1, -0.05) is 18.2 Å². The summed E-state index contributed by atoms with van der Waals surface area (Å²) < 4.78 is 13.2. The van der Waals surface area contributed by atoms with E-state index in [1.807, 2.05) is 66.9 Å². The number of nitrogens with zero attached hydrogens (tertiary/aromatic N) is 4. The second-order valence-corrected chi connectivity index (χ2v) is 7.45. The van der Waals surface area contributed by atoms with Crippen LogP contribution in [0.3, 0.4) is 0 Å². The van der Waals surface area contributed by atoms with Gasteiger partial charge in [0, 0.05) is 17.3 Å². The lowest BCUT2D eigenvalue weighted by atomic mass is 10.1. The van der Waals surface area contributed by atoms with E-state index >= 15 is 0 Å². The van der Waals surface area contributed by atoms with Gasteiger partial charge < -0.3 is 9.47 Å². The van der Waals surface area contributed by atoms with Crippen molar-refractivity contribution >= 4 is 12.2 Å². The molecule has 0 amide bonds. The quantitative estimate of drug-likeness (QED) is 0.521. The average molecular weight is 437 g/mol. The highest BCUT2D eigenvalue weighted by molar-refractivity contribution is 5.79. The van der Waals surface area contributed by atoms with Gasteiger partial charge in [-0.15, -0.1) is 0 Å². The fourth-order valence-electron chi connectivity index (χ4n) is 3.65. The molecule has 162 valence electrons. The van der Waals surface area contributed by atoms with Gasteiger partial charge in [-0.2, -0.15) is 15.5 Å². The Labute approximate surface area is 189 Å². The lowest BCUT2D eigenvalue weighted by molar-refractivity contribution is 0.171. The molecule has 0 unspecified atom stereocenters. The third kappa shape index (κ3) is 3.88. The van der Waals surface area contributed by atoms with Gasteiger partial charge in [-0.05, 0) is 55.0 Å². The van der Waals surface area contributed by atoms with Crippen molar-refractivity contribution in [3.8, 4) is 34.5 Å². The number of para-hydroxylation sites is 1. The number of benzene rings is 2. The number of nitriles is 1. The summed E-state index contributed by atoms with van der Waals surface area (Å²) in [5.41, 5.74) is 3.95. The molecular formula is C25H19N5O3. The van der Waals surface area contributed by atoms with Gasteiger partial charge in [0.1, 0.15) is 30.5 Å². The summed E-state index contributed by atoms with van der Waals surface area (Å²) in [5.74, 6) is 1.39. The molecule has 5 rings (SSSR count). The van der Waals surface area contributed by atoms with Crippen LogP contribution in [0, 0.1) is 18.3 Å².